The number of aliphatic carboxylic acids is 1. The second-order valence-corrected chi connectivity index (χ2v) is 4.97. The molecule has 0 radical (unpaired) electrons. The highest BCUT2D eigenvalue weighted by Crippen LogP contribution is 2.25. The first-order valence-electron chi connectivity index (χ1n) is 5.46. The van der Waals surface area contributed by atoms with Crippen LogP contribution in [0.25, 0.3) is 0 Å². The van der Waals surface area contributed by atoms with Gasteiger partial charge in [0.05, 0.1) is 12.0 Å². The van der Waals surface area contributed by atoms with Crippen molar-refractivity contribution in [2.75, 3.05) is 13.1 Å². The zero-order valence-electron chi connectivity index (χ0n) is 10.2. The van der Waals surface area contributed by atoms with Crippen LogP contribution in [0.1, 0.15) is 26.7 Å². The number of urea groups is 1. The number of hydrogen-bond acceptors (Lipinski definition) is 2. The van der Waals surface area contributed by atoms with Crippen LogP contribution in [-0.2, 0) is 4.79 Å². The largest absolute Gasteiger partial charge is 0.481 e. The first kappa shape index (κ1) is 16.0. The maximum Gasteiger partial charge on any atom is 0.315 e. The van der Waals surface area contributed by atoms with E-state index in [2.05, 4.69) is 33.1 Å². The number of halogens is 1. The van der Waals surface area contributed by atoms with Crippen LogP contribution in [0.3, 0.4) is 0 Å². The van der Waals surface area contributed by atoms with Gasteiger partial charge in [-0.3, -0.25) is 4.79 Å². The lowest BCUT2D eigenvalue weighted by molar-refractivity contribution is -0.149. The van der Waals surface area contributed by atoms with Crippen LogP contribution in [0.2, 0.25) is 0 Å². The van der Waals surface area contributed by atoms with Crippen LogP contribution in [0, 0.1) is 5.41 Å². The van der Waals surface area contributed by atoms with Crippen molar-refractivity contribution < 1.29 is 14.7 Å². The molecular weight excluding hydrogens is 288 g/mol. The monoisotopic (exact) mass is 306 g/mol. The fraction of sp³-hybridized carbons (Fsp3) is 0.636. The maximum absolute atomic E-state index is 11.4. The summed E-state index contributed by atoms with van der Waals surface area (Å²) in [5, 5.41) is 14.3. The third-order valence-corrected chi connectivity index (χ3v) is 3.12. The van der Waals surface area contributed by atoms with Gasteiger partial charge in [-0.25, -0.2) is 4.79 Å². The van der Waals surface area contributed by atoms with Gasteiger partial charge in [-0.1, -0.05) is 36.4 Å². The Bertz CT molecular complexity index is 301. The summed E-state index contributed by atoms with van der Waals surface area (Å²) in [6.45, 7) is 7.61. The van der Waals surface area contributed by atoms with Crippen molar-refractivity contribution in [1.29, 1.82) is 0 Å². The second kappa shape index (κ2) is 7.32. The van der Waals surface area contributed by atoms with Crippen molar-refractivity contribution in [3.8, 4) is 0 Å². The zero-order valence-corrected chi connectivity index (χ0v) is 11.8. The molecule has 0 fully saturated rings. The first-order valence-corrected chi connectivity index (χ1v) is 6.25. The summed E-state index contributed by atoms with van der Waals surface area (Å²) < 4.78 is 0.656. The van der Waals surface area contributed by atoms with E-state index in [4.69, 9.17) is 5.11 Å². The lowest BCUT2D eigenvalue weighted by atomic mass is 9.82. The number of carbonyl (C=O) groups is 2. The van der Waals surface area contributed by atoms with Gasteiger partial charge in [0, 0.05) is 11.0 Å². The molecule has 0 bridgehead atoms. The Kier molecular flexibility index (Phi) is 6.87. The van der Waals surface area contributed by atoms with Crippen molar-refractivity contribution in [2.45, 2.75) is 26.7 Å². The van der Waals surface area contributed by atoms with Gasteiger partial charge < -0.3 is 15.7 Å². The average molecular weight is 307 g/mol. The Hall–Kier alpha value is -1.04. The standard InChI is InChI=1S/C11H19BrN2O3/c1-4-11(5-2,9(15)16)7-14-10(17)13-6-8(3)12/h3-7H2,1-2H3,(H,15,16)(H2,13,14,17). The molecule has 0 unspecified atom stereocenters. The predicted octanol–water partition coefficient (Wildman–Crippen LogP) is 2.09. The molecule has 0 saturated heterocycles. The Balaban J connectivity index is 4.27. The number of carbonyl (C=O) groups excluding carboxylic acids is 1. The first-order chi connectivity index (χ1) is 7.88. The highest BCUT2D eigenvalue weighted by Gasteiger charge is 2.35. The molecule has 0 aliphatic heterocycles. The fourth-order valence-corrected chi connectivity index (χ4v) is 1.51. The van der Waals surface area contributed by atoms with E-state index in [0.29, 0.717) is 23.9 Å². The van der Waals surface area contributed by atoms with E-state index in [1.54, 1.807) is 13.8 Å². The quantitative estimate of drug-likeness (QED) is 0.674. The van der Waals surface area contributed by atoms with E-state index in [0.717, 1.165) is 0 Å². The molecule has 0 saturated carbocycles. The third-order valence-electron chi connectivity index (χ3n) is 2.84. The molecule has 0 aromatic rings. The number of hydrogen-bond donors (Lipinski definition) is 3. The van der Waals surface area contributed by atoms with Crippen LogP contribution in [0.4, 0.5) is 4.79 Å². The summed E-state index contributed by atoms with van der Waals surface area (Å²) >= 11 is 3.11. The average Bonchev–Trinajstić information content (AvgIpc) is 2.28. The van der Waals surface area contributed by atoms with E-state index in [1.165, 1.54) is 0 Å². The highest BCUT2D eigenvalue weighted by molar-refractivity contribution is 9.11. The van der Waals surface area contributed by atoms with Crippen molar-refractivity contribution >= 4 is 27.9 Å². The molecule has 98 valence electrons. The van der Waals surface area contributed by atoms with Gasteiger partial charge in [-0.2, -0.15) is 0 Å². The Labute approximate surface area is 110 Å². The number of carboxylic acid groups (broad SMARTS) is 1. The third kappa shape index (κ3) is 5.21. The van der Waals surface area contributed by atoms with Crippen LogP contribution in [0.15, 0.2) is 11.1 Å². The van der Waals surface area contributed by atoms with E-state index < -0.39 is 17.4 Å². The summed E-state index contributed by atoms with van der Waals surface area (Å²) in [6.07, 6.45) is 0.953. The van der Waals surface area contributed by atoms with E-state index in [1.807, 2.05) is 0 Å². The molecule has 2 amide bonds. The Morgan fingerprint density at radius 1 is 1.29 bits per heavy atom. The van der Waals surface area contributed by atoms with Crippen LogP contribution < -0.4 is 10.6 Å². The fourth-order valence-electron chi connectivity index (χ4n) is 1.37. The number of amides is 2. The smallest absolute Gasteiger partial charge is 0.315 e. The van der Waals surface area contributed by atoms with Crippen molar-refractivity contribution in [3.63, 3.8) is 0 Å². The number of rotatable bonds is 7. The second-order valence-electron chi connectivity index (χ2n) is 3.85. The molecular formula is C11H19BrN2O3. The normalized spacial score (nSPS) is 10.8. The molecule has 6 heteroatoms. The predicted molar refractivity (Wildman–Crippen MR) is 70.1 cm³/mol. The molecule has 0 aliphatic carbocycles. The van der Waals surface area contributed by atoms with Gasteiger partial charge in [0.2, 0.25) is 0 Å². The lowest BCUT2D eigenvalue weighted by Crippen LogP contribution is -2.46. The van der Waals surface area contributed by atoms with Gasteiger partial charge in [0.25, 0.3) is 0 Å². The van der Waals surface area contributed by atoms with Gasteiger partial charge >= 0.3 is 12.0 Å². The molecule has 0 rings (SSSR count). The molecule has 3 N–H and O–H groups in total. The molecule has 0 heterocycles. The minimum atomic E-state index is -0.886. The van der Waals surface area contributed by atoms with Crippen molar-refractivity contribution in [2.24, 2.45) is 5.41 Å². The topological polar surface area (TPSA) is 78.4 Å². The van der Waals surface area contributed by atoms with Gasteiger partial charge in [0.15, 0.2) is 0 Å². The number of nitrogens with one attached hydrogen (secondary N) is 2. The molecule has 0 aliphatic rings. The van der Waals surface area contributed by atoms with E-state index in [-0.39, 0.29) is 6.54 Å². The van der Waals surface area contributed by atoms with Crippen LogP contribution in [0.5, 0.6) is 0 Å². The summed E-state index contributed by atoms with van der Waals surface area (Å²) in [5.41, 5.74) is -0.886. The SMILES string of the molecule is C=C(Br)CNC(=O)NCC(CC)(CC)C(=O)O. The van der Waals surface area contributed by atoms with Crippen molar-refractivity contribution in [3.05, 3.63) is 11.1 Å². The molecule has 0 atom stereocenters. The summed E-state index contributed by atoms with van der Waals surface area (Å²) in [6, 6.07) is -0.391. The Morgan fingerprint density at radius 3 is 2.18 bits per heavy atom. The summed E-state index contributed by atoms with van der Waals surface area (Å²) in [5.74, 6) is -0.882. The summed E-state index contributed by atoms with van der Waals surface area (Å²) in [7, 11) is 0. The van der Waals surface area contributed by atoms with Crippen molar-refractivity contribution in [1.82, 2.24) is 10.6 Å². The highest BCUT2D eigenvalue weighted by atomic mass is 79.9. The van der Waals surface area contributed by atoms with Crippen LogP contribution in [-0.4, -0.2) is 30.2 Å². The molecule has 17 heavy (non-hydrogen) atoms. The molecule has 5 nitrogen and oxygen atoms in total. The summed E-state index contributed by atoms with van der Waals surface area (Å²) in [4.78, 5) is 22.5. The van der Waals surface area contributed by atoms with E-state index in [9.17, 15) is 9.59 Å². The van der Waals surface area contributed by atoms with E-state index >= 15 is 0 Å². The van der Waals surface area contributed by atoms with Gasteiger partial charge in [-0.05, 0) is 12.8 Å². The van der Waals surface area contributed by atoms with Gasteiger partial charge in [-0.15, -0.1) is 0 Å². The Morgan fingerprint density at radius 2 is 1.82 bits per heavy atom. The van der Waals surface area contributed by atoms with Gasteiger partial charge in [0.1, 0.15) is 0 Å². The van der Waals surface area contributed by atoms with Crippen LogP contribution >= 0.6 is 15.9 Å². The lowest BCUT2D eigenvalue weighted by Gasteiger charge is -2.26. The zero-order chi connectivity index (χ0) is 13.5. The minimum Gasteiger partial charge on any atom is -0.481 e. The molecule has 0 spiro atoms. The maximum atomic E-state index is 11.4. The molecule has 0 aromatic heterocycles. The molecule has 0 aromatic carbocycles. The number of carboxylic acids is 1. The minimum absolute atomic E-state index is 0.121.